The summed E-state index contributed by atoms with van der Waals surface area (Å²) in [6.07, 6.45) is 7.04. The second kappa shape index (κ2) is 7.63. The van der Waals surface area contributed by atoms with Crippen LogP contribution >= 0.6 is 0 Å². The number of nitrogens with zero attached hydrogens (tertiary/aromatic N) is 4. The maximum absolute atomic E-state index is 13.3. The number of amides is 2. The van der Waals surface area contributed by atoms with E-state index in [1.54, 1.807) is 36.2 Å². The summed E-state index contributed by atoms with van der Waals surface area (Å²) >= 11 is 0. The van der Waals surface area contributed by atoms with Crippen LogP contribution in [0.4, 0.5) is 5.69 Å². The quantitative estimate of drug-likeness (QED) is 0.870. The van der Waals surface area contributed by atoms with Crippen LogP contribution < -0.4 is 10.2 Å². The minimum Gasteiger partial charge on any atom is -0.348 e. The summed E-state index contributed by atoms with van der Waals surface area (Å²) in [5.41, 5.74) is 1.87. The van der Waals surface area contributed by atoms with Gasteiger partial charge in [0.15, 0.2) is 0 Å². The van der Waals surface area contributed by atoms with Gasteiger partial charge in [-0.15, -0.1) is 0 Å². The van der Waals surface area contributed by atoms with Crippen LogP contribution in [0, 0.1) is 23.7 Å². The Morgan fingerprint density at radius 3 is 3.00 bits per heavy atom. The van der Waals surface area contributed by atoms with Gasteiger partial charge in [-0.25, -0.2) is 4.98 Å². The van der Waals surface area contributed by atoms with Crippen molar-refractivity contribution in [1.29, 1.82) is 5.26 Å². The number of rotatable bonds is 3. The number of hydrogen-bond donors (Lipinski definition) is 1. The number of hydrogen-bond acceptors (Lipinski definition) is 5. The molecule has 2 atom stereocenters. The molecule has 2 heterocycles. The van der Waals surface area contributed by atoms with Crippen LogP contribution in [0.3, 0.4) is 0 Å². The van der Waals surface area contributed by atoms with E-state index in [4.69, 9.17) is 5.26 Å². The van der Waals surface area contributed by atoms with Crippen LogP contribution in [0.25, 0.3) is 0 Å². The molecule has 1 saturated carbocycles. The molecule has 2 aliphatic rings. The molecule has 7 heteroatoms. The number of nitrogens with one attached hydrogen (secondary N) is 1. The van der Waals surface area contributed by atoms with E-state index < -0.39 is 5.41 Å². The van der Waals surface area contributed by atoms with Gasteiger partial charge in [0.2, 0.25) is 5.91 Å². The van der Waals surface area contributed by atoms with Crippen LogP contribution in [0.1, 0.15) is 53.8 Å². The smallest absolute Gasteiger partial charge is 0.271 e. The van der Waals surface area contributed by atoms with E-state index in [1.165, 1.54) is 6.20 Å². The first-order valence-electron chi connectivity index (χ1n) is 9.92. The number of aromatic nitrogens is 2. The van der Waals surface area contributed by atoms with Gasteiger partial charge in [-0.3, -0.25) is 14.6 Å². The number of carbonyl (C=O) groups excluding carboxylic acids is 2. The Labute approximate surface area is 169 Å². The van der Waals surface area contributed by atoms with Crippen molar-refractivity contribution in [2.24, 2.45) is 5.41 Å². The molecule has 148 valence electrons. The number of carbonyl (C=O) groups is 2. The van der Waals surface area contributed by atoms with Crippen molar-refractivity contribution >= 4 is 17.5 Å². The minimum atomic E-state index is -0.447. The molecule has 1 spiro atoms. The van der Waals surface area contributed by atoms with Crippen molar-refractivity contribution in [3.05, 3.63) is 53.6 Å². The molecule has 1 saturated heterocycles. The predicted octanol–water partition coefficient (Wildman–Crippen LogP) is 2.75. The zero-order valence-electron chi connectivity index (χ0n) is 16.4. The molecule has 4 rings (SSSR count). The summed E-state index contributed by atoms with van der Waals surface area (Å²) in [5, 5.41) is 12.2. The number of aryl methyl sites for hydroxylation is 1. The molecule has 1 aliphatic heterocycles. The fourth-order valence-electron chi connectivity index (χ4n) is 4.55. The zero-order valence-corrected chi connectivity index (χ0v) is 16.4. The Kier molecular flexibility index (Phi) is 5.01. The van der Waals surface area contributed by atoms with Crippen molar-refractivity contribution in [1.82, 2.24) is 15.3 Å². The van der Waals surface area contributed by atoms with Crippen molar-refractivity contribution in [2.45, 2.75) is 45.1 Å². The summed E-state index contributed by atoms with van der Waals surface area (Å²) < 4.78 is 0. The fraction of sp³-hybridized carbons (Fsp3) is 0.409. The predicted molar refractivity (Wildman–Crippen MR) is 107 cm³/mol. The summed E-state index contributed by atoms with van der Waals surface area (Å²) in [6, 6.07) is 9.24. The van der Waals surface area contributed by atoms with Crippen molar-refractivity contribution in [3.63, 3.8) is 0 Å². The van der Waals surface area contributed by atoms with Gasteiger partial charge < -0.3 is 10.2 Å². The molecule has 1 aliphatic carbocycles. The molecule has 1 N–H and O–H groups in total. The highest BCUT2D eigenvalue weighted by Crippen LogP contribution is 2.46. The first-order chi connectivity index (χ1) is 14.0. The van der Waals surface area contributed by atoms with E-state index in [-0.39, 0.29) is 17.9 Å². The summed E-state index contributed by atoms with van der Waals surface area (Å²) in [7, 11) is 0. The van der Waals surface area contributed by atoms with Gasteiger partial charge in [-0.2, -0.15) is 5.26 Å². The van der Waals surface area contributed by atoms with Gasteiger partial charge in [0, 0.05) is 24.5 Å². The van der Waals surface area contributed by atoms with Crippen LogP contribution in [0.5, 0.6) is 0 Å². The maximum atomic E-state index is 13.3. The standard InChI is InChI=1S/C22H23N5O2/c1-15-13-24-14-19(25-15)20(28)26-17-5-3-7-22(11-17)8-9-27(21(22)29)18-6-2-4-16(10-18)12-23/h2,4,6,10,13-14,17H,3,5,7-9,11H2,1H3,(H,26,28)/t17-,22+/m1/s1. The van der Waals surface area contributed by atoms with Gasteiger partial charge in [0.1, 0.15) is 5.69 Å². The zero-order chi connectivity index (χ0) is 20.4. The van der Waals surface area contributed by atoms with Gasteiger partial charge in [-0.05, 0) is 50.8 Å². The van der Waals surface area contributed by atoms with E-state index >= 15 is 0 Å². The summed E-state index contributed by atoms with van der Waals surface area (Å²) in [6.45, 7) is 2.43. The first kappa shape index (κ1) is 19.1. The van der Waals surface area contributed by atoms with Crippen molar-refractivity contribution in [2.75, 3.05) is 11.4 Å². The van der Waals surface area contributed by atoms with Gasteiger partial charge in [-0.1, -0.05) is 12.5 Å². The Hall–Kier alpha value is -3.27. The van der Waals surface area contributed by atoms with Gasteiger partial charge >= 0.3 is 0 Å². The van der Waals surface area contributed by atoms with Gasteiger partial charge in [0.25, 0.3) is 5.91 Å². The SMILES string of the molecule is Cc1cncc(C(=O)N[C@@H]2CCC[C@]3(CCN(c4cccc(C#N)c4)C3=O)C2)n1. The van der Waals surface area contributed by atoms with E-state index in [1.807, 2.05) is 6.07 Å². The maximum Gasteiger partial charge on any atom is 0.271 e. The topological polar surface area (TPSA) is 99.0 Å². The molecular formula is C22H23N5O2. The van der Waals surface area contributed by atoms with Crippen LogP contribution in [0.2, 0.25) is 0 Å². The average molecular weight is 389 g/mol. The second-order valence-corrected chi connectivity index (χ2v) is 7.96. The van der Waals surface area contributed by atoms with Crippen molar-refractivity contribution < 1.29 is 9.59 Å². The molecule has 0 unspecified atom stereocenters. The number of benzene rings is 1. The molecule has 1 aromatic heterocycles. The fourth-order valence-corrected chi connectivity index (χ4v) is 4.55. The molecular weight excluding hydrogens is 366 g/mol. The lowest BCUT2D eigenvalue weighted by Crippen LogP contribution is -2.46. The lowest BCUT2D eigenvalue weighted by Gasteiger charge is -2.36. The lowest BCUT2D eigenvalue weighted by molar-refractivity contribution is -0.127. The lowest BCUT2D eigenvalue weighted by atomic mass is 9.71. The average Bonchev–Trinajstić information content (AvgIpc) is 3.03. The Balaban J connectivity index is 1.48. The third kappa shape index (κ3) is 3.70. The molecule has 7 nitrogen and oxygen atoms in total. The highest BCUT2D eigenvalue weighted by atomic mass is 16.2. The van der Waals surface area contributed by atoms with Crippen LogP contribution in [0.15, 0.2) is 36.7 Å². The number of nitriles is 1. The van der Waals surface area contributed by atoms with E-state index in [2.05, 4.69) is 21.4 Å². The first-order valence-corrected chi connectivity index (χ1v) is 9.92. The Morgan fingerprint density at radius 1 is 1.34 bits per heavy atom. The molecule has 1 aromatic carbocycles. The molecule has 0 radical (unpaired) electrons. The Bertz CT molecular complexity index is 999. The third-order valence-corrected chi connectivity index (χ3v) is 5.97. The van der Waals surface area contributed by atoms with Crippen molar-refractivity contribution in [3.8, 4) is 6.07 Å². The summed E-state index contributed by atoms with van der Waals surface area (Å²) in [5.74, 6) is -0.144. The largest absolute Gasteiger partial charge is 0.348 e. The molecule has 2 amide bonds. The molecule has 0 bridgehead atoms. The molecule has 29 heavy (non-hydrogen) atoms. The third-order valence-electron chi connectivity index (χ3n) is 5.97. The van der Waals surface area contributed by atoms with E-state index in [0.29, 0.717) is 29.9 Å². The number of anilines is 1. The van der Waals surface area contributed by atoms with Crippen LogP contribution in [-0.2, 0) is 4.79 Å². The molecule has 2 aromatic rings. The second-order valence-electron chi connectivity index (χ2n) is 7.96. The van der Waals surface area contributed by atoms with E-state index in [0.717, 1.165) is 31.4 Å². The van der Waals surface area contributed by atoms with Crippen LogP contribution in [-0.4, -0.2) is 34.4 Å². The van der Waals surface area contributed by atoms with Gasteiger partial charge in [0.05, 0.1) is 28.9 Å². The normalized spacial score (nSPS) is 23.8. The Morgan fingerprint density at radius 2 is 2.21 bits per heavy atom. The highest BCUT2D eigenvalue weighted by molar-refractivity contribution is 6.00. The minimum absolute atomic E-state index is 0.0621. The highest BCUT2D eigenvalue weighted by Gasteiger charge is 2.49. The monoisotopic (exact) mass is 389 g/mol. The summed E-state index contributed by atoms with van der Waals surface area (Å²) in [4.78, 5) is 36.0. The molecule has 2 fully saturated rings. The van der Waals surface area contributed by atoms with E-state index in [9.17, 15) is 9.59 Å².